The minimum atomic E-state index is 0.00834. The minimum Gasteiger partial charge on any atom is -0.496 e. The molecule has 0 fully saturated rings. The summed E-state index contributed by atoms with van der Waals surface area (Å²) >= 11 is 1.44. The first-order chi connectivity index (χ1) is 13.1. The second-order valence-electron chi connectivity index (χ2n) is 6.23. The molecule has 3 aromatic rings. The Morgan fingerprint density at radius 3 is 2.67 bits per heavy atom. The van der Waals surface area contributed by atoms with E-state index in [9.17, 15) is 4.79 Å². The normalized spacial score (nSPS) is 10.9. The van der Waals surface area contributed by atoms with Crippen LogP contribution in [0.25, 0.3) is 6.08 Å². The predicted octanol–water partition coefficient (Wildman–Crippen LogP) is 5.85. The van der Waals surface area contributed by atoms with Crippen molar-refractivity contribution in [1.82, 2.24) is 0 Å². The molecule has 0 aliphatic rings. The molecule has 0 spiro atoms. The van der Waals surface area contributed by atoms with E-state index >= 15 is 0 Å². The summed E-state index contributed by atoms with van der Waals surface area (Å²) in [6, 6.07) is 15.6. The number of hydrogen-bond acceptors (Lipinski definition) is 4. The van der Waals surface area contributed by atoms with Gasteiger partial charge >= 0.3 is 0 Å². The highest BCUT2D eigenvalue weighted by molar-refractivity contribution is 7.12. The Hall–Kier alpha value is -2.85. The lowest BCUT2D eigenvalue weighted by Gasteiger charge is -2.13. The number of thiophene rings is 1. The van der Waals surface area contributed by atoms with Crippen LogP contribution in [0.5, 0.6) is 11.5 Å². The molecule has 1 heterocycles. The molecule has 0 saturated carbocycles. The fourth-order valence-electron chi connectivity index (χ4n) is 2.72. The summed E-state index contributed by atoms with van der Waals surface area (Å²) in [7, 11) is 1.65. The maximum atomic E-state index is 12.1. The molecule has 4 heteroatoms. The van der Waals surface area contributed by atoms with Crippen molar-refractivity contribution in [2.75, 3.05) is 7.11 Å². The molecule has 0 unspecified atom stereocenters. The number of benzene rings is 2. The van der Waals surface area contributed by atoms with Crippen molar-refractivity contribution in [2.45, 2.75) is 20.5 Å². The third kappa shape index (κ3) is 4.66. The van der Waals surface area contributed by atoms with E-state index in [2.05, 4.69) is 19.9 Å². The van der Waals surface area contributed by atoms with E-state index in [0.29, 0.717) is 6.61 Å². The van der Waals surface area contributed by atoms with E-state index in [1.165, 1.54) is 16.9 Å². The van der Waals surface area contributed by atoms with Crippen LogP contribution < -0.4 is 9.47 Å². The fraction of sp³-hybridized carbons (Fsp3) is 0.174. The molecule has 0 amide bonds. The Morgan fingerprint density at radius 2 is 1.93 bits per heavy atom. The van der Waals surface area contributed by atoms with Gasteiger partial charge in [-0.1, -0.05) is 30.3 Å². The van der Waals surface area contributed by atoms with Crippen molar-refractivity contribution in [2.24, 2.45) is 0 Å². The lowest BCUT2D eigenvalue weighted by atomic mass is 10.1. The van der Waals surface area contributed by atoms with Gasteiger partial charge in [0.1, 0.15) is 18.1 Å². The molecule has 0 atom stereocenters. The average molecular weight is 378 g/mol. The van der Waals surface area contributed by atoms with Crippen LogP contribution in [-0.4, -0.2) is 12.9 Å². The van der Waals surface area contributed by atoms with Gasteiger partial charge in [-0.15, -0.1) is 11.3 Å². The zero-order chi connectivity index (χ0) is 19.2. The van der Waals surface area contributed by atoms with E-state index in [0.717, 1.165) is 33.1 Å². The first kappa shape index (κ1) is 18.9. The third-order valence-electron chi connectivity index (χ3n) is 4.43. The topological polar surface area (TPSA) is 35.5 Å². The Labute approximate surface area is 163 Å². The van der Waals surface area contributed by atoms with E-state index in [4.69, 9.17) is 9.47 Å². The monoisotopic (exact) mass is 378 g/mol. The van der Waals surface area contributed by atoms with E-state index in [-0.39, 0.29) is 5.78 Å². The lowest BCUT2D eigenvalue weighted by molar-refractivity contribution is 0.105. The van der Waals surface area contributed by atoms with Crippen molar-refractivity contribution in [1.29, 1.82) is 0 Å². The van der Waals surface area contributed by atoms with E-state index < -0.39 is 0 Å². The molecule has 2 aromatic carbocycles. The van der Waals surface area contributed by atoms with Gasteiger partial charge in [-0.2, -0.15) is 0 Å². The minimum absolute atomic E-state index is 0.00834. The number of allylic oxidation sites excluding steroid dienone is 1. The van der Waals surface area contributed by atoms with Gasteiger partial charge in [0.05, 0.1) is 12.0 Å². The summed E-state index contributed by atoms with van der Waals surface area (Å²) < 4.78 is 11.5. The van der Waals surface area contributed by atoms with Crippen molar-refractivity contribution in [3.05, 3.63) is 87.1 Å². The number of rotatable bonds is 7. The summed E-state index contributed by atoms with van der Waals surface area (Å²) in [6.45, 7) is 4.52. The Balaban J connectivity index is 1.77. The molecule has 0 saturated heterocycles. The zero-order valence-corrected chi connectivity index (χ0v) is 16.5. The van der Waals surface area contributed by atoms with Gasteiger partial charge in [-0.05, 0) is 66.3 Å². The molecule has 1 aromatic heterocycles. The molecule has 0 aliphatic carbocycles. The predicted molar refractivity (Wildman–Crippen MR) is 111 cm³/mol. The van der Waals surface area contributed by atoms with E-state index in [1.807, 2.05) is 53.9 Å². The highest BCUT2D eigenvalue weighted by atomic mass is 32.1. The molecule has 0 aliphatic heterocycles. The van der Waals surface area contributed by atoms with Crippen molar-refractivity contribution < 1.29 is 14.3 Å². The van der Waals surface area contributed by atoms with E-state index in [1.54, 1.807) is 13.2 Å². The molecule has 3 rings (SSSR count). The van der Waals surface area contributed by atoms with Crippen LogP contribution in [0.1, 0.15) is 31.9 Å². The van der Waals surface area contributed by atoms with Gasteiger partial charge in [0.15, 0.2) is 5.78 Å². The molecule has 138 valence electrons. The van der Waals surface area contributed by atoms with Gasteiger partial charge in [0, 0.05) is 5.56 Å². The molecule has 0 N–H and O–H groups in total. The maximum Gasteiger partial charge on any atom is 0.195 e. The highest BCUT2D eigenvalue weighted by Crippen LogP contribution is 2.26. The summed E-state index contributed by atoms with van der Waals surface area (Å²) in [5.41, 5.74) is 4.20. The van der Waals surface area contributed by atoms with Crippen molar-refractivity contribution >= 4 is 23.2 Å². The fourth-order valence-corrected chi connectivity index (χ4v) is 3.37. The summed E-state index contributed by atoms with van der Waals surface area (Å²) in [4.78, 5) is 12.9. The molecular formula is C23H22O3S. The van der Waals surface area contributed by atoms with Gasteiger partial charge in [0.2, 0.25) is 0 Å². The Bertz CT molecular complexity index is 956. The van der Waals surface area contributed by atoms with Crippen LogP contribution in [0.4, 0.5) is 0 Å². The Morgan fingerprint density at radius 1 is 1.07 bits per heavy atom. The summed E-state index contributed by atoms with van der Waals surface area (Å²) in [5, 5.41) is 1.90. The second kappa shape index (κ2) is 8.69. The van der Waals surface area contributed by atoms with Crippen molar-refractivity contribution in [3.8, 4) is 11.5 Å². The van der Waals surface area contributed by atoms with Gasteiger partial charge in [0.25, 0.3) is 0 Å². The van der Waals surface area contributed by atoms with Crippen molar-refractivity contribution in [3.63, 3.8) is 0 Å². The maximum absolute atomic E-state index is 12.1. The van der Waals surface area contributed by atoms with Crippen LogP contribution in [-0.2, 0) is 6.61 Å². The van der Waals surface area contributed by atoms with Gasteiger partial charge in [-0.25, -0.2) is 0 Å². The standard InChI is InChI=1S/C23H22O3S/c1-16-6-4-7-21(17(16)2)26-15-19-14-18(10-12-22(19)25-3)9-11-20(24)23-8-5-13-27-23/h4-14H,15H2,1-3H3/b11-9+. The highest BCUT2D eigenvalue weighted by Gasteiger charge is 2.08. The van der Waals surface area contributed by atoms with Crippen LogP contribution in [0.2, 0.25) is 0 Å². The molecule has 27 heavy (non-hydrogen) atoms. The molecule has 3 nitrogen and oxygen atoms in total. The van der Waals surface area contributed by atoms with Gasteiger partial charge in [-0.3, -0.25) is 4.79 Å². The number of methoxy groups -OCH3 is 1. The summed E-state index contributed by atoms with van der Waals surface area (Å²) in [6.07, 6.45) is 3.42. The SMILES string of the molecule is COc1ccc(/C=C/C(=O)c2cccs2)cc1COc1cccc(C)c1C. The van der Waals surface area contributed by atoms with Crippen LogP contribution in [0.3, 0.4) is 0 Å². The number of carbonyl (C=O) groups excluding carboxylic acids is 1. The van der Waals surface area contributed by atoms with Gasteiger partial charge < -0.3 is 9.47 Å². The third-order valence-corrected chi connectivity index (χ3v) is 5.32. The molecule has 0 bridgehead atoms. The smallest absolute Gasteiger partial charge is 0.195 e. The first-order valence-corrected chi connectivity index (χ1v) is 9.58. The lowest BCUT2D eigenvalue weighted by Crippen LogP contribution is -2.01. The summed E-state index contributed by atoms with van der Waals surface area (Å²) in [5.74, 6) is 1.64. The Kier molecular flexibility index (Phi) is 6.09. The van der Waals surface area contributed by atoms with Crippen LogP contribution in [0.15, 0.2) is 60.0 Å². The number of ether oxygens (including phenoxy) is 2. The number of ketones is 1. The number of hydrogen-bond donors (Lipinski definition) is 0. The van der Waals surface area contributed by atoms with Crippen LogP contribution >= 0.6 is 11.3 Å². The number of carbonyl (C=O) groups is 1. The second-order valence-corrected chi connectivity index (χ2v) is 7.18. The quantitative estimate of drug-likeness (QED) is 0.382. The van der Waals surface area contributed by atoms with Crippen LogP contribution in [0, 0.1) is 13.8 Å². The molecular weight excluding hydrogens is 356 g/mol. The zero-order valence-electron chi connectivity index (χ0n) is 15.7. The number of aryl methyl sites for hydroxylation is 1. The largest absolute Gasteiger partial charge is 0.496 e. The first-order valence-electron chi connectivity index (χ1n) is 8.70. The molecule has 0 radical (unpaired) electrons. The average Bonchev–Trinajstić information content (AvgIpc) is 3.22.